The van der Waals surface area contributed by atoms with E-state index in [-0.39, 0.29) is 17.2 Å². The molecular weight excluding hydrogens is 448 g/mol. The first kappa shape index (κ1) is 22.2. The summed E-state index contributed by atoms with van der Waals surface area (Å²) in [7, 11) is 0.286. The van der Waals surface area contributed by atoms with E-state index in [0.717, 1.165) is 15.4 Å². The molecule has 0 aliphatic rings. The lowest BCUT2D eigenvalue weighted by atomic mass is 10.1. The largest absolute Gasteiger partial charge is 0.493 e. The topological polar surface area (TPSA) is 84.9 Å². The summed E-state index contributed by atoms with van der Waals surface area (Å²) >= 11 is 3.25. The number of sulfonamides is 1. The second kappa shape index (κ2) is 8.93. The van der Waals surface area contributed by atoms with Crippen LogP contribution in [0.2, 0.25) is 0 Å². The Kier molecular flexibility index (Phi) is 7.08. The molecule has 0 aliphatic heterocycles. The summed E-state index contributed by atoms with van der Waals surface area (Å²) in [5.74, 6) is 0.234. The maximum atomic E-state index is 12.9. The fourth-order valence-corrected chi connectivity index (χ4v) is 4.68. The number of anilines is 1. The van der Waals surface area contributed by atoms with Crippen molar-refractivity contribution in [2.45, 2.75) is 18.7 Å². The third-order valence-electron chi connectivity index (χ3n) is 4.37. The first-order chi connectivity index (χ1) is 13.1. The highest BCUT2D eigenvalue weighted by molar-refractivity contribution is 9.10. The van der Waals surface area contributed by atoms with Crippen LogP contribution in [0, 0.1) is 13.8 Å². The number of nitrogens with one attached hydrogen (secondary N) is 1. The molecule has 7 nitrogen and oxygen atoms in total. The van der Waals surface area contributed by atoms with E-state index in [1.807, 2.05) is 26.0 Å². The third-order valence-corrected chi connectivity index (χ3v) is 7.13. The second-order valence-electron chi connectivity index (χ2n) is 6.19. The van der Waals surface area contributed by atoms with Gasteiger partial charge in [0.15, 0.2) is 11.5 Å². The molecule has 0 aliphatic carbocycles. The predicted molar refractivity (Wildman–Crippen MR) is 112 cm³/mol. The maximum absolute atomic E-state index is 12.9. The van der Waals surface area contributed by atoms with Crippen LogP contribution in [-0.4, -0.2) is 46.4 Å². The first-order valence-electron chi connectivity index (χ1n) is 8.35. The van der Waals surface area contributed by atoms with E-state index in [1.165, 1.54) is 33.4 Å². The zero-order chi connectivity index (χ0) is 21.1. The molecule has 2 aromatic rings. The number of carbonyl (C=O) groups is 1. The smallest absolute Gasteiger partial charge is 0.244 e. The van der Waals surface area contributed by atoms with E-state index in [9.17, 15) is 13.2 Å². The minimum absolute atomic E-state index is 0.0211. The highest BCUT2D eigenvalue weighted by Gasteiger charge is 2.27. The van der Waals surface area contributed by atoms with Crippen LogP contribution < -0.4 is 14.8 Å². The zero-order valence-electron chi connectivity index (χ0n) is 16.4. The standard InChI is InChI=1S/C19H23BrN2O5S/c1-12-7-6-8-15(13(12)2)21-19(23)11-22(3)28(24,25)18-10-17(27-5)16(26-4)9-14(18)20/h6-10H,11H2,1-5H3,(H,21,23). The average Bonchev–Trinajstić information content (AvgIpc) is 2.64. The van der Waals surface area contributed by atoms with Gasteiger partial charge in [-0.3, -0.25) is 4.79 Å². The monoisotopic (exact) mass is 470 g/mol. The molecule has 0 fully saturated rings. The van der Waals surface area contributed by atoms with Crippen LogP contribution >= 0.6 is 15.9 Å². The molecule has 0 aromatic heterocycles. The Hall–Kier alpha value is -2.10. The van der Waals surface area contributed by atoms with E-state index < -0.39 is 15.9 Å². The SMILES string of the molecule is COc1cc(Br)c(S(=O)(=O)N(C)CC(=O)Nc2cccc(C)c2C)cc1OC. The molecule has 0 saturated heterocycles. The number of rotatable bonds is 7. The van der Waals surface area contributed by atoms with Crippen molar-refractivity contribution in [3.8, 4) is 11.5 Å². The number of carbonyl (C=O) groups excluding carboxylic acids is 1. The highest BCUT2D eigenvalue weighted by atomic mass is 79.9. The molecule has 152 valence electrons. The predicted octanol–water partition coefficient (Wildman–Crippen LogP) is 3.34. The van der Waals surface area contributed by atoms with Crippen molar-refractivity contribution in [1.29, 1.82) is 0 Å². The van der Waals surface area contributed by atoms with Gasteiger partial charge >= 0.3 is 0 Å². The molecule has 28 heavy (non-hydrogen) atoms. The molecule has 0 unspecified atom stereocenters. The van der Waals surface area contributed by atoms with Gasteiger partial charge in [-0.25, -0.2) is 8.42 Å². The van der Waals surface area contributed by atoms with Gasteiger partial charge in [0.05, 0.1) is 20.8 Å². The summed E-state index contributed by atoms with van der Waals surface area (Å²) in [5.41, 5.74) is 2.63. The molecule has 0 bridgehead atoms. The number of hydrogen-bond donors (Lipinski definition) is 1. The van der Waals surface area contributed by atoms with Crippen LogP contribution in [0.5, 0.6) is 11.5 Å². The Morgan fingerprint density at radius 3 is 2.36 bits per heavy atom. The van der Waals surface area contributed by atoms with E-state index >= 15 is 0 Å². The molecule has 1 amide bonds. The van der Waals surface area contributed by atoms with Crippen LogP contribution in [0.1, 0.15) is 11.1 Å². The Morgan fingerprint density at radius 1 is 1.14 bits per heavy atom. The number of nitrogens with zero attached hydrogens (tertiary/aromatic N) is 1. The van der Waals surface area contributed by atoms with Gasteiger partial charge in [0, 0.05) is 23.3 Å². The molecule has 9 heteroatoms. The van der Waals surface area contributed by atoms with Crippen molar-refractivity contribution in [3.05, 3.63) is 45.9 Å². The van der Waals surface area contributed by atoms with E-state index in [0.29, 0.717) is 15.9 Å². The quantitative estimate of drug-likeness (QED) is 0.670. The summed E-state index contributed by atoms with van der Waals surface area (Å²) in [6.45, 7) is 3.50. The van der Waals surface area contributed by atoms with Crippen LogP contribution in [0.3, 0.4) is 0 Å². The van der Waals surface area contributed by atoms with Gasteiger partial charge in [0.1, 0.15) is 4.90 Å². The fourth-order valence-electron chi connectivity index (χ4n) is 2.56. The van der Waals surface area contributed by atoms with Gasteiger partial charge in [-0.1, -0.05) is 12.1 Å². The van der Waals surface area contributed by atoms with Gasteiger partial charge in [0.2, 0.25) is 15.9 Å². The van der Waals surface area contributed by atoms with E-state index in [2.05, 4.69) is 21.2 Å². The molecule has 2 aromatic carbocycles. The molecule has 2 rings (SSSR count). The van der Waals surface area contributed by atoms with E-state index in [4.69, 9.17) is 9.47 Å². The summed E-state index contributed by atoms with van der Waals surface area (Å²) in [6.07, 6.45) is 0. The maximum Gasteiger partial charge on any atom is 0.244 e. The van der Waals surface area contributed by atoms with Crippen molar-refractivity contribution in [3.63, 3.8) is 0 Å². The molecule has 0 spiro atoms. The molecule has 0 radical (unpaired) electrons. The fraction of sp³-hybridized carbons (Fsp3) is 0.316. The highest BCUT2D eigenvalue weighted by Crippen LogP contribution is 2.36. The van der Waals surface area contributed by atoms with Gasteiger partial charge in [-0.05, 0) is 53.0 Å². The Morgan fingerprint density at radius 2 is 1.75 bits per heavy atom. The van der Waals surface area contributed by atoms with Gasteiger partial charge < -0.3 is 14.8 Å². The van der Waals surface area contributed by atoms with Crippen molar-refractivity contribution in [2.24, 2.45) is 0 Å². The number of amides is 1. The minimum Gasteiger partial charge on any atom is -0.493 e. The molecular formula is C19H23BrN2O5S. The Balaban J connectivity index is 2.24. The lowest BCUT2D eigenvalue weighted by molar-refractivity contribution is -0.116. The van der Waals surface area contributed by atoms with Crippen LogP contribution in [0.4, 0.5) is 5.69 Å². The summed E-state index contributed by atoms with van der Waals surface area (Å²) in [4.78, 5) is 12.4. The molecule has 1 N–H and O–H groups in total. The van der Waals surface area contributed by atoms with Gasteiger partial charge in [0.25, 0.3) is 0 Å². The Labute approximate surface area is 173 Å². The van der Waals surface area contributed by atoms with Crippen LogP contribution in [0.25, 0.3) is 0 Å². The summed E-state index contributed by atoms with van der Waals surface area (Å²) in [5, 5.41) is 2.76. The van der Waals surface area contributed by atoms with E-state index in [1.54, 1.807) is 6.07 Å². The van der Waals surface area contributed by atoms with Crippen molar-refractivity contribution >= 4 is 37.5 Å². The summed E-state index contributed by atoms with van der Waals surface area (Å²) < 4.78 is 37.5. The third kappa shape index (κ3) is 4.65. The minimum atomic E-state index is -3.94. The van der Waals surface area contributed by atoms with Crippen LogP contribution in [-0.2, 0) is 14.8 Å². The van der Waals surface area contributed by atoms with Crippen LogP contribution in [0.15, 0.2) is 39.7 Å². The van der Waals surface area contributed by atoms with Crippen molar-refractivity contribution < 1.29 is 22.7 Å². The average molecular weight is 471 g/mol. The van der Waals surface area contributed by atoms with Crippen molar-refractivity contribution in [2.75, 3.05) is 33.1 Å². The molecule has 0 heterocycles. The normalized spacial score (nSPS) is 11.4. The number of hydrogen-bond acceptors (Lipinski definition) is 5. The number of benzene rings is 2. The number of methoxy groups -OCH3 is 2. The number of aryl methyl sites for hydroxylation is 1. The molecule has 0 saturated carbocycles. The number of likely N-dealkylation sites (N-methyl/N-ethyl adjacent to an activating group) is 1. The lowest BCUT2D eigenvalue weighted by Crippen LogP contribution is -2.35. The summed E-state index contributed by atoms with van der Waals surface area (Å²) in [6, 6.07) is 8.42. The second-order valence-corrected chi connectivity index (χ2v) is 9.06. The van der Waals surface area contributed by atoms with Crippen molar-refractivity contribution in [1.82, 2.24) is 4.31 Å². The molecule has 0 atom stereocenters. The number of ether oxygens (including phenoxy) is 2. The van der Waals surface area contributed by atoms with Gasteiger partial charge in [-0.2, -0.15) is 4.31 Å². The Bertz CT molecular complexity index is 992. The zero-order valence-corrected chi connectivity index (χ0v) is 18.8. The van der Waals surface area contributed by atoms with Gasteiger partial charge in [-0.15, -0.1) is 0 Å². The number of halogens is 1. The first-order valence-corrected chi connectivity index (χ1v) is 10.6. The lowest BCUT2D eigenvalue weighted by Gasteiger charge is -2.19.